The van der Waals surface area contributed by atoms with Crippen molar-refractivity contribution in [2.45, 2.75) is 38.7 Å². The second-order valence-corrected chi connectivity index (χ2v) is 8.06. The molecule has 21 heavy (non-hydrogen) atoms. The van der Waals surface area contributed by atoms with Crippen LogP contribution in [0.5, 0.6) is 0 Å². The van der Waals surface area contributed by atoms with Gasteiger partial charge in [0.05, 0.1) is 11.9 Å². The van der Waals surface area contributed by atoms with Crippen molar-refractivity contribution in [3.63, 3.8) is 0 Å². The van der Waals surface area contributed by atoms with Crippen LogP contribution in [0.2, 0.25) is 0 Å². The molecule has 0 heterocycles. The summed E-state index contributed by atoms with van der Waals surface area (Å²) in [7, 11) is -3.36. The summed E-state index contributed by atoms with van der Waals surface area (Å²) in [4.78, 5) is 0. The van der Waals surface area contributed by atoms with E-state index in [1.807, 2.05) is 24.3 Å². The van der Waals surface area contributed by atoms with Crippen molar-refractivity contribution >= 4 is 10.0 Å². The molecule has 0 radical (unpaired) electrons. The van der Waals surface area contributed by atoms with Crippen LogP contribution in [0.25, 0.3) is 0 Å². The monoisotopic (exact) mass is 311 g/mol. The zero-order chi connectivity index (χ0) is 16.1. The Morgan fingerprint density at radius 2 is 1.86 bits per heavy atom. The first-order valence-electron chi connectivity index (χ1n) is 7.02. The van der Waals surface area contributed by atoms with Crippen LogP contribution in [0.3, 0.4) is 0 Å². The van der Waals surface area contributed by atoms with Crippen molar-refractivity contribution in [3.8, 4) is 0 Å². The number of hydrogen-bond acceptors (Lipinski definition) is 3. The molecule has 0 aliphatic heterocycles. The van der Waals surface area contributed by atoms with E-state index in [1.54, 1.807) is 6.08 Å². The van der Waals surface area contributed by atoms with E-state index in [2.05, 4.69) is 32.1 Å². The van der Waals surface area contributed by atoms with Crippen molar-refractivity contribution in [1.82, 2.24) is 4.72 Å². The van der Waals surface area contributed by atoms with E-state index < -0.39 is 16.1 Å². The molecule has 1 atom stereocenters. The minimum atomic E-state index is -3.36. The molecule has 0 aliphatic rings. The largest absolute Gasteiger partial charge is 0.387 e. The van der Waals surface area contributed by atoms with Crippen LogP contribution in [0.4, 0.5) is 0 Å². The van der Waals surface area contributed by atoms with Crippen LogP contribution < -0.4 is 4.72 Å². The summed E-state index contributed by atoms with van der Waals surface area (Å²) in [6.45, 7) is 9.83. The van der Waals surface area contributed by atoms with E-state index in [-0.39, 0.29) is 17.7 Å². The number of rotatable bonds is 7. The Kier molecular flexibility index (Phi) is 6.13. The molecule has 1 aromatic rings. The lowest BCUT2D eigenvalue weighted by Gasteiger charge is -2.20. The van der Waals surface area contributed by atoms with Gasteiger partial charge in [0.15, 0.2) is 0 Å². The van der Waals surface area contributed by atoms with Gasteiger partial charge < -0.3 is 5.11 Å². The first-order chi connectivity index (χ1) is 9.65. The van der Waals surface area contributed by atoms with E-state index in [0.717, 1.165) is 0 Å². The Morgan fingerprint density at radius 1 is 1.29 bits per heavy atom. The van der Waals surface area contributed by atoms with E-state index in [4.69, 9.17) is 0 Å². The average molecular weight is 311 g/mol. The zero-order valence-corrected chi connectivity index (χ0v) is 13.8. The number of nitrogens with one attached hydrogen (secondary N) is 1. The first-order valence-corrected chi connectivity index (χ1v) is 8.67. The van der Waals surface area contributed by atoms with Gasteiger partial charge >= 0.3 is 0 Å². The van der Waals surface area contributed by atoms with Gasteiger partial charge in [0.1, 0.15) is 0 Å². The van der Waals surface area contributed by atoms with Gasteiger partial charge in [0.2, 0.25) is 10.0 Å². The topological polar surface area (TPSA) is 66.4 Å². The average Bonchev–Trinajstić information content (AvgIpc) is 2.42. The molecule has 0 aromatic heterocycles. The third-order valence-corrected chi connectivity index (χ3v) is 4.63. The number of aliphatic hydroxyl groups is 1. The van der Waals surface area contributed by atoms with Crippen LogP contribution in [-0.4, -0.2) is 25.8 Å². The SMILES string of the molecule is C=CCCS(=O)(=O)NCC(O)c1ccc(C(C)(C)C)cc1. The normalized spacial score (nSPS) is 13.9. The highest BCUT2D eigenvalue weighted by atomic mass is 32.2. The van der Waals surface area contributed by atoms with E-state index in [9.17, 15) is 13.5 Å². The lowest BCUT2D eigenvalue weighted by atomic mass is 9.86. The maximum Gasteiger partial charge on any atom is 0.211 e. The highest BCUT2D eigenvalue weighted by Crippen LogP contribution is 2.23. The third-order valence-electron chi connectivity index (χ3n) is 3.25. The van der Waals surface area contributed by atoms with Gasteiger partial charge in [-0.15, -0.1) is 6.58 Å². The molecule has 4 nitrogen and oxygen atoms in total. The lowest BCUT2D eigenvalue weighted by Crippen LogP contribution is -2.30. The number of benzene rings is 1. The summed E-state index contributed by atoms with van der Waals surface area (Å²) in [6, 6.07) is 7.60. The van der Waals surface area contributed by atoms with Gasteiger partial charge in [-0.2, -0.15) is 0 Å². The second kappa shape index (κ2) is 7.20. The smallest absolute Gasteiger partial charge is 0.211 e. The maximum atomic E-state index is 11.6. The molecular weight excluding hydrogens is 286 g/mol. The standard InChI is InChI=1S/C16H25NO3S/c1-5-6-11-21(19,20)17-12-15(18)13-7-9-14(10-8-13)16(2,3)4/h5,7-10,15,17-18H,1,6,11-12H2,2-4H3. The summed E-state index contributed by atoms with van der Waals surface area (Å²) >= 11 is 0. The van der Waals surface area contributed by atoms with Crippen molar-refractivity contribution in [3.05, 3.63) is 48.0 Å². The quantitative estimate of drug-likeness (QED) is 0.760. The number of sulfonamides is 1. The maximum absolute atomic E-state index is 11.6. The fourth-order valence-corrected chi connectivity index (χ4v) is 2.87. The van der Waals surface area contributed by atoms with Crippen LogP contribution >= 0.6 is 0 Å². The summed E-state index contributed by atoms with van der Waals surface area (Å²) < 4.78 is 25.7. The first kappa shape index (κ1) is 17.9. The lowest BCUT2D eigenvalue weighted by molar-refractivity contribution is 0.182. The van der Waals surface area contributed by atoms with Gasteiger partial charge in [-0.25, -0.2) is 13.1 Å². The molecule has 0 spiro atoms. The van der Waals surface area contributed by atoms with Crippen molar-refractivity contribution in [1.29, 1.82) is 0 Å². The molecule has 0 bridgehead atoms. The zero-order valence-electron chi connectivity index (χ0n) is 13.0. The Morgan fingerprint density at radius 3 is 2.33 bits per heavy atom. The number of hydrogen-bond donors (Lipinski definition) is 2. The summed E-state index contributed by atoms with van der Waals surface area (Å²) in [5, 5.41) is 10.1. The summed E-state index contributed by atoms with van der Waals surface area (Å²) in [5.41, 5.74) is 1.93. The van der Waals surface area contributed by atoms with Crippen molar-refractivity contribution in [2.75, 3.05) is 12.3 Å². The Labute approximate surface area is 127 Å². The summed E-state index contributed by atoms with van der Waals surface area (Å²) in [6.07, 6.45) is 1.10. The molecule has 1 rings (SSSR count). The minimum Gasteiger partial charge on any atom is -0.387 e. The van der Waals surface area contributed by atoms with E-state index >= 15 is 0 Å². The van der Waals surface area contributed by atoms with E-state index in [1.165, 1.54) is 5.56 Å². The molecule has 1 aromatic carbocycles. The third kappa shape index (κ3) is 5.99. The van der Waals surface area contributed by atoms with Crippen molar-refractivity contribution < 1.29 is 13.5 Å². The molecule has 0 saturated carbocycles. The van der Waals surface area contributed by atoms with Crippen molar-refractivity contribution in [2.24, 2.45) is 0 Å². The molecule has 1 unspecified atom stereocenters. The van der Waals surface area contributed by atoms with Gasteiger partial charge in [0, 0.05) is 6.54 Å². The molecule has 0 amide bonds. The fraction of sp³-hybridized carbons (Fsp3) is 0.500. The van der Waals surface area contributed by atoms with Crippen LogP contribution in [0.15, 0.2) is 36.9 Å². The van der Waals surface area contributed by atoms with Crippen LogP contribution in [0.1, 0.15) is 44.4 Å². The molecule has 0 aliphatic carbocycles. The van der Waals surface area contributed by atoms with Gasteiger partial charge in [-0.3, -0.25) is 0 Å². The fourth-order valence-electron chi connectivity index (χ4n) is 1.84. The predicted molar refractivity (Wildman–Crippen MR) is 86.7 cm³/mol. The van der Waals surface area contributed by atoms with Gasteiger partial charge in [0.25, 0.3) is 0 Å². The Balaban J connectivity index is 2.64. The molecular formula is C16H25NO3S. The predicted octanol–water partition coefficient (Wildman–Crippen LogP) is 2.51. The molecule has 5 heteroatoms. The molecule has 2 N–H and O–H groups in total. The molecule has 0 saturated heterocycles. The number of aliphatic hydroxyl groups excluding tert-OH is 1. The Bertz CT molecular complexity index is 556. The van der Waals surface area contributed by atoms with Gasteiger partial charge in [-0.1, -0.05) is 51.1 Å². The summed E-state index contributed by atoms with van der Waals surface area (Å²) in [5.74, 6) is -0.00776. The minimum absolute atomic E-state index is 0.00776. The Hall–Kier alpha value is -1.17. The highest BCUT2D eigenvalue weighted by molar-refractivity contribution is 7.89. The van der Waals surface area contributed by atoms with E-state index in [0.29, 0.717) is 12.0 Å². The van der Waals surface area contributed by atoms with Gasteiger partial charge in [-0.05, 0) is 23.0 Å². The molecule has 118 valence electrons. The molecule has 0 fully saturated rings. The number of allylic oxidation sites excluding steroid dienone is 1. The van der Waals surface area contributed by atoms with Crippen LogP contribution in [-0.2, 0) is 15.4 Å². The highest BCUT2D eigenvalue weighted by Gasteiger charge is 2.16. The second-order valence-electron chi connectivity index (χ2n) is 6.13. The van der Waals surface area contributed by atoms with Crippen LogP contribution in [0, 0.1) is 0 Å².